The molecule has 0 unspecified atom stereocenters. The summed E-state index contributed by atoms with van der Waals surface area (Å²) in [6.45, 7) is 0.514. The van der Waals surface area contributed by atoms with Crippen LogP contribution in [0.25, 0.3) is 10.9 Å². The molecule has 2 N–H and O–H groups in total. The van der Waals surface area contributed by atoms with E-state index in [1.165, 1.54) is 11.9 Å². The predicted molar refractivity (Wildman–Crippen MR) is 113 cm³/mol. The first-order valence-corrected chi connectivity index (χ1v) is 11.7. The van der Waals surface area contributed by atoms with E-state index in [9.17, 15) is 24.2 Å². The van der Waals surface area contributed by atoms with Gasteiger partial charge in [-0.05, 0) is 29.8 Å². The van der Waals surface area contributed by atoms with E-state index in [0.717, 1.165) is 22.6 Å². The van der Waals surface area contributed by atoms with Crippen LogP contribution in [0.4, 0.5) is 25.2 Å². The fourth-order valence-electron chi connectivity index (χ4n) is 4.18. The summed E-state index contributed by atoms with van der Waals surface area (Å²) in [5.74, 6) is -0.366. The summed E-state index contributed by atoms with van der Waals surface area (Å²) in [4.78, 5) is 16.8. The van der Waals surface area contributed by atoms with Crippen molar-refractivity contribution in [2.45, 2.75) is 24.2 Å². The van der Waals surface area contributed by atoms with Gasteiger partial charge in [-0.2, -0.15) is 0 Å². The van der Waals surface area contributed by atoms with Crippen LogP contribution in [0.2, 0.25) is 0 Å². The molecule has 2 aliphatic heterocycles. The summed E-state index contributed by atoms with van der Waals surface area (Å²) in [7, 11) is -8.36. The van der Waals surface area contributed by atoms with Crippen LogP contribution in [0.3, 0.4) is 0 Å². The molecule has 2 aromatic carbocycles. The molecule has 1 aromatic heterocycles. The van der Waals surface area contributed by atoms with E-state index in [4.69, 9.17) is 15.2 Å². The first kappa shape index (κ1) is 21.7. The Morgan fingerprint density at radius 3 is 2.55 bits per heavy atom. The van der Waals surface area contributed by atoms with Gasteiger partial charge in [0.05, 0.1) is 24.8 Å². The smallest absolute Gasteiger partial charge is 0.310 e. The monoisotopic (exact) mass is 487 g/mol. The third-order valence-corrected chi connectivity index (χ3v) is 7.09. The zero-order valence-electron chi connectivity index (χ0n) is 17.2. The van der Waals surface area contributed by atoms with Crippen molar-refractivity contribution >= 4 is 32.9 Å². The number of anilines is 1. The quantitative estimate of drug-likeness (QED) is 0.479. The van der Waals surface area contributed by atoms with Gasteiger partial charge in [0.25, 0.3) is 5.91 Å². The zero-order valence-corrected chi connectivity index (χ0v) is 18.0. The molecule has 0 fully saturated rings. The molecule has 3 heterocycles. The van der Waals surface area contributed by atoms with Crippen LogP contribution in [-0.4, -0.2) is 29.4 Å². The zero-order chi connectivity index (χ0) is 23.8. The predicted octanol–water partition coefficient (Wildman–Crippen LogP) is 5.71. The molecule has 12 heteroatoms. The number of rotatable bonds is 3. The van der Waals surface area contributed by atoms with Gasteiger partial charge in [-0.1, -0.05) is 25.5 Å². The maximum Gasteiger partial charge on any atom is 0.310 e. The molecule has 33 heavy (non-hydrogen) atoms. The molecular weight excluding hydrogens is 469 g/mol. The Kier molecular flexibility index (Phi) is 4.12. The molecule has 0 spiro atoms. The van der Waals surface area contributed by atoms with Gasteiger partial charge >= 0.3 is 10.2 Å². The van der Waals surface area contributed by atoms with E-state index in [1.807, 2.05) is 0 Å². The fourth-order valence-corrected chi connectivity index (χ4v) is 4.84. The Morgan fingerprint density at radius 2 is 1.82 bits per heavy atom. The largest absolute Gasteiger partial charge is 0.491 e. The number of hydrogen-bond donors (Lipinski definition) is 1. The second kappa shape index (κ2) is 6.26. The van der Waals surface area contributed by atoms with Gasteiger partial charge in [0, 0.05) is 35.2 Å². The summed E-state index contributed by atoms with van der Waals surface area (Å²) in [5, 5.41) is 0.722. The van der Waals surface area contributed by atoms with Crippen molar-refractivity contribution in [2.24, 2.45) is 0 Å². The van der Waals surface area contributed by atoms with Crippen LogP contribution in [0.15, 0.2) is 41.3 Å². The number of carbonyl (C=O) groups excluding carboxylic acids is 1. The van der Waals surface area contributed by atoms with Crippen LogP contribution in [0, 0.1) is 0 Å². The van der Waals surface area contributed by atoms with Crippen molar-refractivity contribution in [3.8, 4) is 5.75 Å². The number of likely N-dealkylation sites (N-methyl/N-ethyl adjacent to an activating group) is 1. The minimum atomic E-state index is -9.84. The Hall–Kier alpha value is -3.12. The molecule has 5 rings (SSSR count). The maximum atomic E-state index is 13.2. The lowest BCUT2D eigenvalue weighted by molar-refractivity contribution is 0.0708. The number of hydrogen-bond acceptors (Lipinski definition) is 5. The molecule has 2 aliphatic rings. The molecule has 3 aromatic rings. The first-order chi connectivity index (χ1) is 15.2. The van der Waals surface area contributed by atoms with Gasteiger partial charge in [0.2, 0.25) is 0 Å². The maximum absolute atomic E-state index is 13.2. The average Bonchev–Trinajstić information content (AvgIpc) is 3.38. The van der Waals surface area contributed by atoms with Crippen LogP contribution >= 0.6 is 10.2 Å². The van der Waals surface area contributed by atoms with Gasteiger partial charge in [0.1, 0.15) is 23.1 Å². The number of carbonyl (C=O) groups is 1. The number of nitrogens with zero attached hydrogens (tertiary/aromatic N) is 2. The first-order valence-electron chi connectivity index (χ1n) is 9.79. The molecule has 1 amide bonds. The summed E-state index contributed by atoms with van der Waals surface area (Å²) < 4.78 is 76.3. The molecular formula is C21H18F5N3O3S. The summed E-state index contributed by atoms with van der Waals surface area (Å²) in [6.07, 6.45) is 0. The van der Waals surface area contributed by atoms with Crippen molar-refractivity contribution in [1.29, 1.82) is 0 Å². The lowest BCUT2D eigenvalue weighted by Gasteiger charge is -2.40. The van der Waals surface area contributed by atoms with Crippen molar-refractivity contribution in [2.75, 3.05) is 19.4 Å². The van der Waals surface area contributed by atoms with Crippen molar-refractivity contribution in [1.82, 2.24) is 9.88 Å². The minimum absolute atomic E-state index is 0.156. The molecule has 0 aliphatic carbocycles. The van der Waals surface area contributed by atoms with E-state index in [-0.39, 0.29) is 17.9 Å². The number of fused-ring (bicyclic) bond motifs is 4. The fraction of sp³-hybridized carbons (Fsp3) is 0.238. The van der Waals surface area contributed by atoms with Crippen molar-refractivity contribution in [3.63, 3.8) is 0 Å². The number of nitrogens with two attached hydrogens (primary N) is 1. The number of nitrogen functional groups attached to an aromatic ring is 1. The van der Waals surface area contributed by atoms with Gasteiger partial charge in [-0.3, -0.25) is 4.79 Å². The van der Waals surface area contributed by atoms with Crippen LogP contribution in [0.5, 0.6) is 5.75 Å². The highest BCUT2D eigenvalue weighted by atomic mass is 32.5. The molecule has 1 atom stereocenters. The highest BCUT2D eigenvalue weighted by molar-refractivity contribution is 8.45. The van der Waals surface area contributed by atoms with Gasteiger partial charge in [-0.15, -0.1) is 0 Å². The topological polar surface area (TPSA) is 77.7 Å². The Labute approximate surface area is 184 Å². The highest BCUT2D eigenvalue weighted by Gasteiger charge is 2.65. The Balaban J connectivity index is 1.47. The third kappa shape index (κ3) is 3.62. The van der Waals surface area contributed by atoms with Gasteiger partial charge < -0.3 is 20.1 Å². The number of aromatic nitrogens is 1. The van der Waals surface area contributed by atoms with Crippen LogP contribution in [0.1, 0.15) is 33.1 Å². The highest BCUT2D eigenvalue weighted by Crippen LogP contribution is 3.02. The number of pyridine rings is 1. The molecule has 0 bridgehead atoms. The second-order valence-electron chi connectivity index (χ2n) is 8.09. The Morgan fingerprint density at radius 1 is 1.09 bits per heavy atom. The summed E-state index contributed by atoms with van der Waals surface area (Å²) >= 11 is 0. The SMILES string of the molecule is CN(C(=O)c1ccc2nc(N)c3c(c2c1)COC3)[C@H]1COc2cc(S(F)(F)(F)(F)F)ccc21. The van der Waals surface area contributed by atoms with Crippen molar-refractivity contribution in [3.05, 3.63) is 58.7 Å². The Bertz CT molecular complexity index is 1350. The normalized spacial score (nSPS) is 19.4. The average molecular weight is 487 g/mol. The lowest BCUT2D eigenvalue weighted by Crippen LogP contribution is -2.32. The molecule has 6 nitrogen and oxygen atoms in total. The minimum Gasteiger partial charge on any atom is -0.491 e. The molecule has 176 valence electrons. The van der Waals surface area contributed by atoms with Gasteiger partial charge in [-0.25, -0.2) is 4.98 Å². The van der Waals surface area contributed by atoms with E-state index in [0.29, 0.717) is 42.2 Å². The number of ether oxygens (including phenoxy) is 2. The second-order valence-corrected chi connectivity index (χ2v) is 10.5. The van der Waals surface area contributed by atoms with Crippen LogP contribution in [-0.2, 0) is 18.0 Å². The number of benzene rings is 2. The summed E-state index contributed by atoms with van der Waals surface area (Å²) in [6, 6.07) is 5.72. The van der Waals surface area contributed by atoms with E-state index >= 15 is 0 Å². The van der Waals surface area contributed by atoms with E-state index in [2.05, 4.69) is 4.98 Å². The molecule has 0 radical (unpaired) electrons. The van der Waals surface area contributed by atoms with Crippen LogP contribution < -0.4 is 10.5 Å². The van der Waals surface area contributed by atoms with E-state index in [1.54, 1.807) is 18.2 Å². The number of halogens is 5. The van der Waals surface area contributed by atoms with E-state index < -0.39 is 27.1 Å². The third-order valence-electron chi connectivity index (χ3n) is 5.95. The van der Waals surface area contributed by atoms with Crippen molar-refractivity contribution < 1.29 is 33.7 Å². The standard InChI is InChI=1S/C21H18F5N3O3S/c1-29(18-10-32-19-7-12(3-4-13(18)19)33(22,23,24,25)26)21(30)11-2-5-17-14(6-11)15-8-31-9-16(15)20(27)28-17/h2-7,18H,8-10H2,1H3,(H2,27,28)/t18-/m0/s1. The molecule has 0 saturated heterocycles. The number of amides is 1. The summed E-state index contributed by atoms with van der Waals surface area (Å²) in [5.41, 5.74) is 8.75. The molecule has 0 saturated carbocycles. The van der Waals surface area contributed by atoms with Gasteiger partial charge in [0.15, 0.2) is 0 Å². The lowest BCUT2D eigenvalue weighted by atomic mass is 10.0.